The van der Waals surface area contributed by atoms with Crippen molar-refractivity contribution in [3.05, 3.63) is 11.9 Å². The summed E-state index contributed by atoms with van der Waals surface area (Å²) < 4.78 is 7.35. The average Bonchev–Trinajstić information content (AvgIpc) is 3.08. The lowest BCUT2D eigenvalue weighted by Gasteiger charge is -2.20. The van der Waals surface area contributed by atoms with Gasteiger partial charge >= 0.3 is 0 Å². The molecule has 1 aliphatic rings. The van der Waals surface area contributed by atoms with E-state index in [0.717, 1.165) is 29.0 Å². The fourth-order valence-corrected chi connectivity index (χ4v) is 4.02. The summed E-state index contributed by atoms with van der Waals surface area (Å²) in [5.74, 6) is 7.51. The topological polar surface area (TPSA) is 65.1 Å². The van der Waals surface area contributed by atoms with Gasteiger partial charge in [-0.05, 0) is 19.8 Å². The van der Waals surface area contributed by atoms with Gasteiger partial charge in [0.2, 0.25) is 0 Å². The Hall–Kier alpha value is -0.720. The van der Waals surface area contributed by atoms with Crippen molar-refractivity contribution in [1.29, 1.82) is 0 Å². The van der Waals surface area contributed by atoms with Crippen molar-refractivity contribution < 1.29 is 4.74 Å². The van der Waals surface area contributed by atoms with Gasteiger partial charge < -0.3 is 4.74 Å². The smallest absolute Gasteiger partial charge is 0.161 e. The first-order chi connectivity index (χ1) is 9.30. The first-order valence-electron chi connectivity index (χ1n) is 6.97. The van der Waals surface area contributed by atoms with E-state index in [-0.39, 0.29) is 6.04 Å². The molecule has 6 heteroatoms. The van der Waals surface area contributed by atoms with Crippen LogP contribution in [0.3, 0.4) is 0 Å². The van der Waals surface area contributed by atoms with Crippen LogP contribution in [0.1, 0.15) is 44.3 Å². The summed E-state index contributed by atoms with van der Waals surface area (Å²) in [6.07, 6.45) is 7.19. The van der Waals surface area contributed by atoms with Crippen molar-refractivity contribution >= 4 is 11.8 Å². The lowest BCUT2D eigenvalue weighted by molar-refractivity contribution is 0.397. The summed E-state index contributed by atoms with van der Waals surface area (Å²) in [5.41, 5.74) is 3.97. The second-order valence-electron chi connectivity index (χ2n) is 4.87. The van der Waals surface area contributed by atoms with Gasteiger partial charge in [0.05, 0.1) is 25.0 Å². The maximum Gasteiger partial charge on any atom is 0.161 e. The number of hydrazine groups is 1. The molecule has 0 bridgehead atoms. The predicted octanol–water partition coefficient (Wildman–Crippen LogP) is 2.09. The molecule has 3 N–H and O–H groups in total. The van der Waals surface area contributed by atoms with Crippen LogP contribution in [0, 0.1) is 0 Å². The Morgan fingerprint density at radius 1 is 1.58 bits per heavy atom. The highest BCUT2D eigenvalue weighted by molar-refractivity contribution is 7.99. The van der Waals surface area contributed by atoms with Crippen molar-refractivity contribution in [2.75, 3.05) is 12.9 Å². The predicted molar refractivity (Wildman–Crippen MR) is 79.2 cm³/mol. The molecule has 0 amide bonds. The van der Waals surface area contributed by atoms with E-state index in [2.05, 4.69) is 17.4 Å². The summed E-state index contributed by atoms with van der Waals surface area (Å²) in [4.78, 5) is 0. The molecule has 1 saturated carbocycles. The van der Waals surface area contributed by atoms with E-state index < -0.39 is 0 Å². The van der Waals surface area contributed by atoms with Gasteiger partial charge in [0, 0.05) is 17.5 Å². The van der Waals surface area contributed by atoms with Gasteiger partial charge in [-0.1, -0.05) is 12.8 Å². The number of hydrogen-bond acceptors (Lipinski definition) is 5. The molecule has 0 saturated heterocycles. The van der Waals surface area contributed by atoms with E-state index in [9.17, 15) is 0 Å². The number of hydrogen-bond donors (Lipinski definition) is 2. The first kappa shape index (κ1) is 14.7. The number of nitrogens with one attached hydrogen (secondary N) is 1. The molecule has 0 aromatic carbocycles. The van der Waals surface area contributed by atoms with Crippen molar-refractivity contribution in [3.63, 3.8) is 0 Å². The molecule has 0 spiro atoms. The van der Waals surface area contributed by atoms with Crippen LogP contribution in [0.2, 0.25) is 0 Å². The van der Waals surface area contributed by atoms with Crippen molar-refractivity contribution in [1.82, 2.24) is 15.2 Å². The maximum absolute atomic E-state index is 5.74. The number of nitrogens with zero attached hydrogens (tertiary/aromatic N) is 2. The van der Waals surface area contributed by atoms with E-state index >= 15 is 0 Å². The Labute approximate surface area is 119 Å². The van der Waals surface area contributed by atoms with Crippen LogP contribution < -0.4 is 16.0 Å². The molecular weight excluding hydrogens is 260 g/mol. The third kappa shape index (κ3) is 3.43. The Morgan fingerprint density at radius 3 is 2.89 bits per heavy atom. The van der Waals surface area contributed by atoms with Crippen molar-refractivity contribution in [2.24, 2.45) is 5.84 Å². The van der Waals surface area contributed by atoms with Crippen LogP contribution >= 0.6 is 11.8 Å². The molecule has 1 atom stereocenters. The van der Waals surface area contributed by atoms with Gasteiger partial charge in [-0.2, -0.15) is 16.9 Å². The molecular formula is C13H24N4OS. The Morgan fingerprint density at radius 2 is 2.32 bits per heavy atom. The number of aromatic nitrogens is 2. The Bertz CT molecular complexity index is 368. The van der Waals surface area contributed by atoms with Crippen LogP contribution in [0.15, 0.2) is 6.20 Å². The zero-order valence-corrected chi connectivity index (χ0v) is 12.6. The summed E-state index contributed by atoms with van der Waals surface area (Å²) in [6.45, 7) is 2.90. The molecule has 5 nitrogen and oxygen atoms in total. The summed E-state index contributed by atoms with van der Waals surface area (Å²) in [7, 11) is 1.68. The quantitative estimate of drug-likeness (QED) is 0.593. The Balaban J connectivity index is 2.04. The highest BCUT2D eigenvalue weighted by Gasteiger charge is 2.23. The lowest BCUT2D eigenvalue weighted by Crippen LogP contribution is -2.32. The van der Waals surface area contributed by atoms with Gasteiger partial charge in [-0.25, -0.2) is 0 Å². The second kappa shape index (κ2) is 7.17. The zero-order valence-electron chi connectivity index (χ0n) is 11.8. The summed E-state index contributed by atoms with van der Waals surface area (Å²) >= 11 is 2.01. The van der Waals surface area contributed by atoms with Crippen LogP contribution in [0.4, 0.5) is 0 Å². The fraction of sp³-hybridized carbons (Fsp3) is 0.769. The number of aryl methyl sites for hydroxylation is 1. The first-order valence-corrected chi connectivity index (χ1v) is 8.02. The lowest BCUT2D eigenvalue weighted by atomic mass is 10.2. The average molecular weight is 284 g/mol. The summed E-state index contributed by atoms with van der Waals surface area (Å²) in [6, 6.07) is 0.0861. The monoisotopic (exact) mass is 284 g/mol. The van der Waals surface area contributed by atoms with Gasteiger partial charge in [-0.15, -0.1) is 0 Å². The molecule has 2 rings (SSSR count). The van der Waals surface area contributed by atoms with Crippen LogP contribution in [-0.2, 0) is 6.54 Å². The molecule has 108 valence electrons. The maximum atomic E-state index is 5.74. The fourth-order valence-electron chi connectivity index (χ4n) is 2.63. The minimum Gasteiger partial charge on any atom is -0.493 e. The Kier molecular flexibility index (Phi) is 5.54. The normalized spacial score (nSPS) is 17.8. The van der Waals surface area contributed by atoms with Gasteiger partial charge in [-0.3, -0.25) is 16.0 Å². The highest BCUT2D eigenvalue weighted by atomic mass is 32.2. The van der Waals surface area contributed by atoms with Gasteiger partial charge in [0.15, 0.2) is 5.75 Å². The van der Waals surface area contributed by atoms with E-state index in [0.29, 0.717) is 0 Å². The minimum atomic E-state index is 0.0861. The molecule has 0 aliphatic heterocycles. The number of nitrogens with two attached hydrogens (primary N) is 1. The molecule has 1 unspecified atom stereocenters. The zero-order chi connectivity index (χ0) is 13.7. The SMILES string of the molecule is CCn1ncc(OC)c1C(CSC1CCCC1)NN. The molecule has 1 heterocycles. The van der Waals surface area contributed by atoms with Gasteiger partial charge in [0.1, 0.15) is 0 Å². The molecule has 19 heavy (non-hydrogen) atoms. The number of methoxy groups -OCH3 is 1. The van der Waals surface area contributed by atoms with Gasteiger partial charge in [0.25, 0.3) is 0 Å². The van der Waals surface area contributed by atoms with Crippen molar-refractivity contribution in [2.45, 2.75) is 50.4 Å². The molecule has 1 aromatic rings. The third-order valence-electron chi connectivity index (χ3n) is 3.70. The van der Waals surface area contributed by atoms with Crippen LogP contribution in [0.5, 0.6) is 5.75 Å². The van der Waals surface area contributed by atoms with E-state index in [1.54, 1.807) is 13.3 Å². The van der Waals surface area contributed by atoms with Crippen LogP contribution in [0.25, 0.3) is 0 Å². The van der Waals surface area contributed by atoms with E-state index in [4.69, 9.17) is 10.6 Å². The van der Waals surface area contributed by atoms with Crippen molar-refractivity contribution in [3.8, 4) is 5.75 Å². The van der Waals surface area contributed by atoms with E-state index in [1.807, 2.05) is 16.4 Å². The minimum absolute atomic E-state index is 0.0861. The largest absolute Gasteiger partial charge is 0.493 e. The molecule has 1 fully saturated rings. The number of ether oxygens (including phenoxy) is 1. The number of thioether (sulfide) groups is 1. The highest BCUT2D eigenvalue weighted by Crippen LogP contribution is 2.33. The molecule has 1 aliphatic carbocycles. The second-order valence-corrected chi connectivity index (χ2v) is 6.21. The number of rotatable bonds is 7. The summed E-state index contributed by atoms with van der Waals surface area (Å²) in [5, 5.41) is 5.13. The van der Waals surface area contributed by atoms with E-state index in [1.165, 1.54) is 25.7 Å². The standard InChI is InChI=1S/C13H24N4OS/c1-3-17-13(12(18-2)8-15-17)11(16-14)9-19-10-6-4-5-7-10/h8,10-11,16H,3-7,9,14H2,1-2H3. The third-order valence-corrected chi connectivity index (χ3v) is 5.16. The van der Waals surface area contributed by atoms with Crippen LogP contribution in [-0.4, -0.2) is 27.9 Å². The molecule has 1 aromatic heterocycles. The molecule has 0 radical (unpaired) electrons.